The van der Waals surface area contributed by atoms with E-state index in [2.05, 4.69) is 18.7 Å². The van der Waals surface area contributed by atoms with E-state index in [0.717, 1.165) is 24.1 Å². The number of likely N-dealkylation sites (tertiary alicyclic amines) is 1. The summed E-state index contributed by atoms with van der Waals surface area (Å²) in [5.41, 5.74) is 7.43. The molecule has 0 saturated carbocycles. The maximum atomic E-state index is 12.4. The maximum absolute atomic E-state index is 12.4. The van der Waals surface area contributed by atoms with Gasteiger partial charge in [-0.2, -0.15) is 0 Å². The third-order valence-corrected chi connectivity index (χ3v) is 3.82. The SMILES string of the molecule is C[C@@H]1CCC[C@H](C)N1C(=O)Cc1ccc(N)cc1. The van der Waals surface area contributed by atoms with Crippen molar-refractivity contribution >= 4 is 11.6 Å². The van der Waals surface area contributed by atoms with Gasteiger partial charge in [-0.25, -0.2) is 0 Å². The van der Waals surface area contributed by atoms with E-state index in [1.54, 1.807) is 0 Å². The van der Waals surface area contributed by atoms with E-state index >= 15 is 0 Å². The van der Waals surface area contributed by atoms with Crippen molar-refractivity contribution in [2.45, 2.75) is 51.6 Å². The topological polar surface area (TPSA) is 46.3 Å². The van der Waals surface area contributed by atoms with Crippen LogP contribution >= 0.6 is 0 Å². The smallest absolute Gasteiger partial charge is 0.227 e. The van der Waals surface area contributed by atoms with Crippen LogP contribution in [0.1, 0.15) is 38.7 Å². The average Bonchev–Trinajstić information content (AvgIpc) is 2.32. The van der Waals surface area contributed by atoms with Crippen LogP contribution in [0.3, 0.4) is 0 Å². The fourth-order valence-corrected chi connectivity index (χ4v) is 2.81. The Morgan fingerprint density at radius 3 is 2.33 bits per heavy atom. The van der Waals surface area contributed by atoms with Gasteiger partial charge in [0, 0.05) is 17.8 Å². The van der Waals surface area contributed by atoms with Gasteiger partial charge in [0.05, 0.1) is 6.42 Å². The van der Waals surface area contributed by atoms with Gasteiger partial charge in [0.25, 0.3) is 0 Å². The predicted molar refractivity (Wildman–Crippen MR) is 74.2 cm³/mol. The monoisotopic (exact) mass is 246 g/mol. The molecule has 3 heteroatoms. The normalized spacial score (nSPS) is 24.0. The Kier molecular flexibility index (Phi) is 3.90. The molecule has 3 nitrogen and oxygen atoms in total. The van der Waals surface area contributed by atoms with Gasteiger partial charge in [-0.05, 0) is 50.8 Å². The number of carbonyl (C=O) groups is 1. The number of benzene rings is 1. The number of nitrogens with zero attached hydrogens (tertiary/aromatic N) is 1. The van der Waals surface area contributed by atoms with Crippen LogP contribution in [0.15, 0.2) is 24.3 Å². The molecule has 1 fully saturated rings. The van der Waals surface area contributed by atoms with Crippen molar-refractivity contribution in [2.24, 2.45) is 0 Å². The molecule has 2 atom stereocenters. The molecular weight excluding hydrogens is 224 g/mol. The summed E-state index contributed by atoms with van der Waals surface area (Å²) in [5, 5.41) is 0. The Morgan fingerprint density at radius 2 is 1.78 bits per heavy atom. The molecule has 0 aromatic heterocycles. The molecule has 1 heterocycles. The lowest BCUT2D eigenvalue weighted by Crippen LogP contribution is -2.48. The van der Waals surface area contributed by atoms with Gasteiger partial charge in [-0.3, -0.25) is 4.79 Å². The van der Waals surface area contributed by atoms with E-state index in [-0.39, 0.29) is 5.91 Å². The standard InChI is InChI=1S/C15H22N2O/c1-11-4-3-5-12(2)17(11)15(18)10-13-6-8-14(16)9-7-13/h6-9,11-12H,3-5,10,16H2,1-2H3/t11-,12+. The maximum Gasteiger partial charge on any atom is 0.227 e. The van der Waals surface area contributed by atoms with Crippen LogP contribution < -0.4 is 5.73 Å². The lowest BCUT2D eigenvalue weighted by Gasteiger charge is -2.39. The van der Waals surface area contributed by atoms with Gasteiger partial charge in [0.15, 0.2) is 0 Å². The first-order chi connectivity index (χ1) is 8.58. The average molecular weight is 246 g/mol. The fourth-order valence-electron chi connectivity index (χ4n) is 2.81. The highest BCUT2D eigenvalue weighted by Crippen LogP contribution is 2.23. The minimum atomic E-state index is 0.236. The molecule has 1 aromatic rings. The summed E-state index contributed by atoms with van der Waals surface area (Å²) >= 11 is 0. The van der Waals surface area contributed by atoms with E-state index < -0.39 is 0 Å². The lowest BCUT2D eigenvalue weighted by molar-refractivity contribution is -0.136. The van der Waals surface area contributed by atoms with Crippen molar-refractivity contribution in [2.75, 3.05) is 5.73 Å². The number of anilines is 1. The highest BCUT2D eigenvalue weighted by molar-refractivity contribution is 5.79. The van der Waals surface area contributed by atoms with E-state index in [4.69, 9.17) is 5.73 Å². The van der Waals surface area contributed by atoms with Crippen molar-refractivity contribution in [1.82, 2.24) is 4.90 Å². The number of rotatable bonds is 2. The number of hydrogen-bond acceptors (Lipinski definition) is 2. The first-order valence-corrected chi connectivity index (χ1v) is 6.73. The molecule has 0 radical (unpaired) electrons. The van der Waals surface area contributed by atoms with Crippen molar-refractivity contribution in [3.63, 3.8) is 0 Å². The van der Waals surface area contributed by atoms with E-state index in [1.165, 1.54) is 6.42 Å². The molecular formula is C15H22N2O. The number of nitrogen functional groups attached to an aromatic ring is 1. The van der Waals surface area contributed by atoms with Crippen LogP contribution in [0.25, 0.3) is 0 Å². The third-order valence-electron chi connectivity index (χ3n) is 3.82. The molecule has 0 spiro atoms. The van der Waals surface area contributed by atoms with Crippen molar-refractivity contribution in [3.05, 3.63) is 29.8 Å². The lowest BCUT2D eigenvalue weighted by atomic mass is 9.96. The van der Waals surface area contributed by atoms with Crippen LogP contribution in [0.5, 0.6) is 0 Å². The molecule has 0 aliphatic carbocycles. The van der Waals surface area contributed by atoms with E-state index in [9.17, 15) is 4.79 Å². The highest BCUT2D eigenvalue weighted by atomic mass is 16.2. The molecule has 0 unspecified atom stereocenters. The first kappa shape index (κ1) is 12.9. The van der Waals surface area contributed by atoms with Gasteiger partial charge < -0.3 is 10.6 Å². The van der Waals surface area contributed by atoms with Gasteiger partial charge in [0.2, 0.25) is 5.91 Å². The quantitative estimate of drug-likeness (QED) is 0.815. The number of carbonyl (C=O) groups excluding carboxylic acids is 1. The molecule has 1 amide bonds. The number of nitrogens with two attached hydrogens (primary N) is 1. The molecule has 1 saturated heterocycles. The van der Waals surface area contributed by atoms with Crippen LogP contribution in [-0.2, 0) is 11.2 Å². The Labute approximate surface area is 109 Å². The molecule has 0 bridgehead atoms. The van der Waals surface area contributed by atoms with Crippen LogP contribution in [-0.4, -0.2) is 22.9 Å². The second-order valence-electron chi connectivity index (χ2n) is 5.35. The van der Waals surface area contributed by atoms with Crippen LogP contribution in [0.2, 0.25) is 0 Å². The number of amides is 1. The van der Waals surface area contributed by atoms with Gasteiger partial charge in [-0.15, -0.1) is 0 Å². The highest BCUT2D eigenvalue weighted by Gasteiger charge is 2.28. The molecule has 2 rings (SSSR count). The summed E-state index contributed by atoms with van der Waals surface area (Å²) in [5.74, 6) is 0.236. The zero-order valence-electron chi connectivity index (χ0n) is 11.2. The zero-order valence-corrected chi connectivity index (χ0v) is 11.2. The van der Waals surface area contributed by atoms with Gasteiger partial charge >= 0.3 is 0 Å². The number of piperidine rings is 1. The summed E-state index contributed by atoms with van der Waals surface area (Å²) in [4.78, 5) is 14.4. The molecule has 2 N–H and O–H groups in total. The van der Waals surface area contributed by atoms with Crippen LogP contribution in [0.4, 0.5) is 5.69 Å². The van der Waals surface area contributed by atoms with Gasteiger partial charge in [-0.1, -0.05) is 12.1 Å². The minimum Gasteiger partial charge on any atom is -0.399 e. The Hall–Kier alpha value is -1.51. The summed E-state index contributed by atoms with van der Waals surface area (Å²) in [7, 11) is 0. The van der Waals surface area contributed by atoms with Crippen molar-refractivity contribution < 1.29 is 4.79 Å². The summed E-state index contributed by atoms with van der Waals surface area (Å²) in [6.45, 7) is 4.30. The fraction of sp³-hybridized carbons (Fsp3) is 0.533. The molecule has 1 aromatic carbocycles. The van der Waals surface area contributed by atoms with Gasteiger partial charge in [0.1, 0.15) is 0 Å². The second-order valence-corrected chi connectivity index (χ2v) is 5.35. The summed E-state index contributed by atoms with van der Waals surface area (Å²) in [6, 6.07) is 8.32. The molecule has 1 aliphatic heterocycles. The molecule has 1 aliphatic rings. The third kappa shape index (κ3) is 2.84. The predicted octanol–water partition coefficient (Wildman–Crippen LogP) is 2.60. The second kappa shape index (κ2) is 5.42. The first-order valence-electron chi connectivity index (χ1n) is 6.73. The molecule has 18 heavy (non-hydrogen) atoms. The largest absolute Gasteiger partial charge is 0.399 e. The Balaban J connectivity index is 2.04. The minimum absolute atomic E-state index is 0.236. The van der Waals surface area contributed by atoms with Crippen LogP contribution in [0, 0.1) is 0 Å². The van der Waals surface area contributed by atoms with Crippen molar-refractivity contribution in [1.29, 1.82) is 0 Å². The van der Waals surface area contributed by atoms with E-state index in [1.807, 2.05) is 24.3 Å². The van der Waals surface area contributed by atoms with E-state index in [0.29, 0.717) is 18.5 Å². The summed E-state index contributed by atoms with van der Waals surface area (Å²) in [6.07, 6.45) is 3.96. The Bertz CT molecular complexity index is 403. The van der Waals surface area contributed by atoms with Crippen molar-refractivity contribution in [3.8, 4) is 0 Å². The Morgan fingerprint density at radius 1 is 1.22 bits per heavy atom. The zero-order chi connectivity index (χ0) is 13.1. The molecule has 98 valence electrons. The number of hydrogen-bond donors (Lipinski definition) is 1. The summed E-state index contributed by atoms with van der Waals surface area (Å²) < 4.78 is 0.